The second-order valence-electron chi connectivity index (χ2n) is 7.11. The maximum atomic E-state index is 13.2. The molecule has 8 nitrogen and oxygen atoms in total. The van der Waals surface area contributed by atoms with Gasteiger partial charge in [0.15, 0.2) is 0 Å². The van der Waals surface area contributed by atoms with Gasteiger partial charge in [-0.05, 0) is 30.7 Å². The van der Waals surface area contributed by atoms with Gasteiger partial charge in [-0.1, -0.05) is 18.2 Å². The molecule has 8 heteroatoms. The van der Waals surface area contributed by atoms with E-state index in [-0.39, 0.29) is 18.2 Å². The number of anilines is 2. The highest BCUT2D eigenvalue weighted by Crippen LogP contribution is 2.36. The number of fused-ring (bicyclic) bond motifs is 3. The van der Waals surface area contributed by atoms with Crippen molar-refractivity contribution in [2.24, 2.45) is 0 Å². The van der Waals surface area contributed by atoms with Crippen molar-refractivity contribution >= 4 is 34.5 Å². The molecule has 0 saturated heterocycles. The van der Waals surface area contributed by atoms with Crippen LogP contribution in [0.1, 0.15) is 18.9 Å². The molecular weight excluding hydrogens is 384 g/mol. The number of imidazole rings is 1. The van der Waals surface area contributed by atoms with Gasteiger partial charge in [-0.3, -0.25) is 19.1 Å². The lowest BCUT2D eigenvalue weighted by atomic mass is 10.1. The first-order valence-corrected chi connectivity index (χ1v) is 9.83. The fourth-order valence-corrected chi connectivity index (χ4v) is 3.76. The van der Waals surface area contributed by atoms with Crippen molar-refractivity contribution in [3.05, 3.63) is 48.5 Å². The first-order valence-electron chi connectivity index (χ1n) is 9.83. The summed E-state index contributed by atoms with van der Waals surface area (Å²) in [7, 11) is 3.20. The Hall–Kier alpha value is -3.39. The van der Waals surface area contributed by atoms with E-state index in [0.717, 1.165) is 11.0 Å². The molecule has 0 fully saturated rings. The van der Waals surface area contributed by atoms with Crippen LogP contribution < -0.4 is 15.0 Å². The predicted molar refractivity (Wildman–Crippen MR) is 114 cm³/mol. The quantitative estimate of drug-likeness (QED) is 0.579. The molecule has 0 radical (unpaired) electrons. The van der Waals surface area contributed by atoms with Gasteiger partial charge in [-0.15, -0.1) is 0 Å². The molecule has 0 aliphatic carbocycles. The van der Waals surface area contributed by atoms with Crippen molar-refractivity contribution in [2.45, 2.75) is 18.9 Å². The van der Waals surface area contributed by atoms with E-state index < -0.39 is 6.04 Å². The molecule has 1 N–H and O–H groups in total. The zero-order valence-corrected chi connectivity index (χ0v) is 17.0. The Labute approximate surface area is 174 Å². The van der Waals surface area contributed by atoms with E-state index in [1.165, 1.54) is 0 Å². The fourth-order valence-electron chi connectivity index (χ4n) is 3.76. The highest BCUT2D eigenvalue weighted by Gasteiger charge is 2.40. The van der Waals surface area contributed by atoms with E-state index in [9.17, 15) is 9.59 Å². The fraction of sp³-hybridized carbons (Fsp3) is 0.318. The highest BCUT2D eigenvalue weighted by molar-refractivity contribution is 6.05. The van der Waals surface area contributed by atoms with E-state index in [0.29, 0.717) is 37.0 Å². The summed E-state index contributed by atoms with van der Waals surface area (Å²) in [5.41, 5.74) is 2.27. The van der Waals surface area contributed by atoms with Gasteiger partial charge in [0, 0.05) is 32.0 Å². The molecule has 30 heavy (non-hydrogen) atoms. The minimum atomic E-state index is -0.638. The average molecular weight is 408 g/mol. The van der Waals surface area contributed by atoms with Crippen LogP contribution in [-0.4, -0.2) is 48.7 Å². The number of hydrogen-bond acceptors (Lipinski definition) is 5. The van der Waals surface area contributed by atoms with Crippen LogP contribution in [0, 0.1) is 0 Å². The van der Waals surface area contributed by atoms with Gasteiger partial charge in [-0.25, -0.2) is 4.98 Å². The molecule has 0 saturated carbocycles. The number of aromatic nitrogens is 2. The Balaban J connectivity index is 1.59. The Morgan fingerprint density at radius 1 is 1.17 bits per heavy atom. The molecule has 1 aromatic heterocycles. The number of hydrogen-bond donors (Lipinski definition) is 1. The van der Waals surface area contributed by atoms with E-state index in [1.807, 2.05) is 28.8 Å². The van der Waals surface area contributed by atoms with Crippen molar-refractivity contribution in [3.63, 3.8) is 0 Å². The molecule has 2 aromatic carbocycles. The van der Waals surface area contributed by atoms with E-state index in [2.05, 4.69) is 10.3 Å². The molecule has 3 aromatic rings. The lowest BCUT2D eigenvalue weighted by Gasteiger charge is -2.15. The van der Waals surface area contributed by atoms with Crippen LogP contribution in [0.25, 0.3) is 11.0 Å². The molecule has 4 rings (SSSR count). The Morgan fingerprint density at radius 2 is 2.00 bits per heavy atom. The molecule has 0 spiro atoms. The monoisotopic (exact) mass is 408 g/mol. The summed E-state index contributed by atoms with van der Waals surface area (Å²) in [4.78, 5) is 32.2. The van der Waals surface area contributed by atoms with Crippen LogP contribution >= 0.6 is 0 Å². The molecule has 2 heterocycles. The molecule has 0 unspecified atom stereocenters. The number of nitrogens with zero attached hydrogens (tertiary/aromatic N) is 3. The molecule has 2 amide bonds. The number of carbonyl (C=O) groups excluding carboxylic acids is 2. The van der Waals surface area contributed by atoms with E-state index in [1.54, 1.807) is 43.4 Å². The zero-order chi connectivity index (χ0) is 21.1. The largest absolute Gasteiger partial charge is 0.497 e. The van der Waals surface area contributed by atoms with Gasteiger partial charge < -0.3 is 14.8 Å². The number of ether oxygens (including phenoxy) is 2. The highest BCUT2D eigenvalue weighted by atomic mass is 16.5. The summed E-state index contributed by atoms with van der Waals surface area (Å²) in [6.45, 7) is 1.04. The summed E-state index contributed by atoms with van der Waals surface area (Å²) < 4.78 is 12.2. The Kier molecular flexibility index (Phi) is 5.67. The number of para-hydroxylation sites is 2. The topological polar surface area (TPSA) is 85.7 Å². The molecule has 1 aliphatic rings. The van der Waals surface area contributed by atoms with E-state index >= 15 is 0 Å². The maximum Gasteiger partial charge on any atom is 0.253 e. The summed E-state index contributed by atoms with van der Waals surface area (Å²) in [6, 6.07) is 14.1. The third-order valence-corrected chi connectivity index (χ3v) is 5.14. The molecule has 1 atom stereocenters. The molecule has 0 bridgehead atoms. The lowest BCUT2D eigenvalue weighted by Crippen LogP contribution is -2.32. The molecule has 1 aliphatic heterocycles. The van der Waals surface area contributed by atoms with Crippen molar-refractivity contribution in [3.8, 4) is 5.75 Å². The number of methoxy groups -OCH3 is 2. The number of rotatable bonds is 8. The third-order valence-electron chi connectivity index (χ3n) is 5.14. The van der Waals surface area contributed by atoms with Crippen LogP contribution in [0.4, 0.5) is 11.6 Å². The van der Waals surface area contributed by atoms with Gasteiger partial charge in [0.2, 0.25) is 11.9 Å². The van der Waals surface area contributed by atoms with Crippen molar-refractivity contribution in [1.82, 2.24) is 9.55 Å². The summed E-state index contributed by atoms with van der Waals surface area (Å²) >= 11 is 0. The first kappa shape index (κ1) is 19.9. The maximum absolute atomic E-state index is 13.2. The SMILES string of the molecule is COCCCN1C(=O)[C@H](CC(=O)Nc2cccc(OC)c2)n2c1nc1ccccc12. The molecular formula is C22H24N4O4. The number of nitrogens with one attached hydrogen (secondary N) is 1. The van der Waals surface area contributed by atoms with Gasteiger partial charge in [0.1, 0.15) is 11.8 Å². The second kappa shape index (κ2) is 8.54. The van der Waals surface area contributed by atoms with Gasteiger partial charge in [0.05, 0.1) is 24.6 Å². The normalized spacial score (nSPS) is 15.5. The Morgan fingerprint density at radius 3 is 2.80 bits per heavy atom. The van der Waals surface area contributed by atoms with Gasteiger partial charge >= 0.3 is 0 Å². The van der Waals surface area contributed by atoms with Crippen LogP contribution in [0.3, 0.4) is 0 Å². The van der Waals surface area contributed by atoms with Crippen molar-refractivity contribution in [1.29, 1.82) is 0 Å². The lowest BCUT2D eigenvalue weighted by molar-refractivity contribution is -0.124. The van der Waals surface area contributed by atoms with Crippen LogP contribution in [-0.2, 0) is 14.3 Å². The predicted octanol–water partition coefficient (Wildman–Crippen LogP) is 3.00. The van der Waals surface area contributed by atoms with Crippen molar-refractivity contribution < 1.29 is 19.1 Å². The number of carbonyl (C=O) groups is 2. The van der Waals surface area contributed by atoms with Crippen LogP contribution in [0.15, 0.2) is 48.5 Å². The van der Waals surface area contributed by atoms with Crippen molar-refractivity contribution in [2.75, 3.05) is 37.6 Å². The average Bonchev–Trinajstić information content (AvgIpc) is 3.24. The van der Waals surface area contributed by atoms with Crippen LogP contribution in [0.5, 0.6) is 5.75 Å². The smallest absolute Gasteiger partial charge is 0.253 e. The van der Waals surface area contributed by atoms with Crippen LogP contribution in [0.2, 0.25) is 0 Å². The zero-order valence-electron chi connectivity index (χ0n) is 17.0. The number of benzene rings is 2. The van der Waals surface area contributed by atoms with E-state index in [4.69, 9.17) is 9.47 Å². The van der Waals surface area contributed by atoms with Gasteiger partial charge in [0.25, 0.3) is 5.91 Å². The summed E-state index contributed by atoms with van der Waals surface area (Å²) in [5, 5.41) is 2.86. The van der Waals surface area contributed by atoms with Gasteiger partial charge in [-0.2, -0.15) is 0 Å². The summed E-state index contributed by atoms with van der Waals surface area (Å²) in [5.74, 6) is 0.859. The second-order valence-corrected chi connectivity index (χ2v) is 7.11. The number of amides is 2. The standard InChI is InChI=1S/C22H24N4O4/c1-29-12-6-11-25-21(28)19(26-18-10-4-3-9-17(18)24-22(25)26)14-20(27)23-15-7-5-8-16(13-15)30-2/h3-5,7-10,13,19H,6,11-12,14H2,1-2H3,(H,23,27)/t19-/m0/s1. The third kappa shape index (κ3) is 3.73. The first-order chi connectivity index (χ1) is 14.6. The minimum Gasteiger partial charge on any atom is -0.497 e. The molecule has 156 valence electrons. The Bertz CT molecular complexity index is 1080. The minimum absolute atomic E-state index is 0.0180. The summed E-state index contributed by atoms with van der Waals surface area (Å²) in [6.07, 6.45) is 0.707.